The van der Waals surface area contributed by atoms with Gasteiger partial charge in [-0.3, -0.25) is 9.00 Å². The summed E-state index contributed by atoms with van der Waals surface area (Å²) in [6.07, 6.45) is 17.9. The predicted molar refractivity (Wildman–Crippen MR) is 150 cm³/mol. The topological polar surface area (TPSA) is 37.4 Å². The molecule has 1 heterocycles. The highest BCUT2D eigenvalue weighted by Gasteiger charge is 2.53. The Morgan fingerprint density at radius 1 is 0.750 bits per heavy atom. The molecule has 1 aliphatic carbocycles. The maximum absolute atomic E-state index is 14.3. The number of amides is 1. The van der Waals surface area contributed by atoms with E-state index in [2.05, 4.69) is 31.2 Å². The average molecular weight is 508 g/mol. The van der Waals surface area contributed by atoms with Gasteiger partial charge in [-0.05, 0) is 37.5 Å². The van der Waals surface area contributed by atoms with E-state index in [1.165, 1.54) is 69.8 Å². The van der Waals surface area contributed by atoms with Crippen LogP contribution in [0.15, 0.2) is 59.5 Å². The molecule has 36 heavy (non-hydrogen) atoms. The molecule has 4 heteroatoms. The lowest BCUT2D eigenvalue weighted by molar-refractivity contribution is -0.128. The van der Waals surface area contributed by atoms with Gasteiger partial charge in [0.25, 0.3) is 0 Å². The molecule has 2 aromatic rings. The summed E-state index contributed by atoms with van der Waals surface area (Å²) < 4.78 is 14.3. The van der Waals surface area contributed by atoms with Crippen LogP contribution in [0.4, 0.5) is 0 Å². The Labute approximate surface area is 221 Å². The number of rotatable bonds is 4. The van der Waals surface area contributed by atoms with Crippen molar-refractivity contribution in [3.63, 3.8) is 0 Å². The van der Waals surface area contributed by atoms with Crippen LogP contribution in [-0.4, -0.2) is 20.4 Å². The molecule has 1 spiro atoms. The normalized spacial score (nSPS) is 23.2. The molecule has 1 aliphatic heterocycles. The van der Waals surface area contributed by atoms with Crippen LogP contribution in [0.1, 0.15) is 107 Å². The van der Waals surface area contributed by atoms with E-state index in [9.17, 15) is 9.00 Å². The van der Waals surface area contributed by atoms with Gasteiger partial charge >= 0.3 is 0 Å². The van der Waals surface area contributed by atoms with Crippen LogP contribution in [0.25, 0.3) is 0 Å². The molecular formula is C32H45NO2S. The fourth-order valence-electron chi connectivity index (χ4n) is 6.32. The van der Waals surface area contributed by atoms with Crippen LogP contribution in [0.5, 0.6) is 0 Å². The number of carbonyl (C=O) groups is 1. The molecule has 0 bridgehead atoms. The molecule has 0 radical (unpaired) electrons. The third-order valence-corrected chi connectivity index (χ3v) is 10.3. The number of carbonyl (C=O) groups excluding carboxylic acids is 1. The number of nitrogens with zero attached hydrogens (tertiary/aromatic N) is 1. The first-order valence-corrected chi connectivity index (χ1v) is 15.6. The zero-order chi connectivity index (χ0) is 25.2. The molecule has 2 atom stereocenters. The van der Waals surface area contributed by atoms with Crippen molar-refractivity contribution in [2.45, 2.75) is 120 Å². The lowest BCUT2D eigenvalue weighted by Gasteiger charge is -2.37. The molecular weight excluding hydrogens is 462 g/mol. The zero-order valence-corrected chi connectivity index (χ0v) is 23.1. The van der Waals surface area contributed by atoms with Crippen LogP contribution in [0.3, 0.4) is 0 Å². The first-order chi connectivity index (χ1) is 17.6. The monoisotopic (exact) mass is 507 g/mol. The number of hydrogen-bond donors (Lipinski definition) is 0. The highest BCUT2D eigenvalue weighted by Crippen LogP contribution is 2.49. The molecule has 2 aromatic carbocycles. The summed E-state index contributed by atoms with van der Waals surface area (Å²) in [5, 5.41) is -0.261. The first-order valence-electron chi connectivity index (χ1n) is 14.4. The SMILES string of the molecule is Cc1ccc(S(=O)C2N(Cc3ccccc3)C(=O)CC23CCCCCCCCCCCCCC3)cc1. The summed E-state index contributed by atoms with van der Waals surface area (Å²) in [5.41, 5.74) is 2.08. The third kappa shape index (κ3) is 7.09. The van der Waals surface area contributed by atoms with Gasteiger partial charge in [-0.2, -0.15) is 0 Å². The Bertz CT molecular complexity index is 955. The van der Waals surface area contributed by atoms with E-state index in [0.717, 1.165) is 36.1 Å². The highest BCUT2D eigenvalue weighted by atomic mass is 32.2. The molecule has 1 saturated carbocycles. The second-order valence-electron chi connectivity index (χ2n) is 11.3. The van der Waals surface area contributed by atoms with Crippen LogP contribution >= 0.6 is 0 Å². The lowest BCUT2D eigenvalue weighted by atomic mass is 9.76. The Kier molecular flexibility index (Phi) is 10.2. The molecule has 2 unspecified atom stereocenters. The van der Waals surface area contributed by atoms with Crippen molar-refractivity contribution in [3.8, 4) is 0 Å². The van der Waals surface area contributed by atoms with Gasteiger partial charge in [-0.15, -0.1) is 0 Å². The van der Waals surface area contributed by atoms with Gasteiger partial charge in [0.2, 0.25) is 5.91 Å². The van der Waals surface area contributed by atoms with E-state index < -0.39 is 10.8 Å². The standard InChI is InChI=1S/C32H45NO2S/c1-27-19-21-29(22-20-27)36(35)31-32(25-30(34)33(31)26-28-17-13-12-14-18-28)23-15-10-8-6-4-2-3-5-7-9-11-16-24-32/h12-14,17-22,31H,2-11,15-16,23-26H2,1H3. The molecule has 2 aliphatic rings. The van der Waals surface area contributed by atoms with E-state index in [-0.39, 0.29) is 16.7 Å². The average Bonchev–Trinajstić information content (AvgIpc) is 3.14. The minimum absolute atomic E-state index is 0.183. The minimum atomic E-state index is -1.26. The number of benzene rings is 2. The maximum atomic E-state index is 14.3. The van der Waals surface area contributed by atoms with E-state index in [1.807, 2.05) is 35.2 Å². The summed E-state index contributed by atoms with van der Waals surface area (Å²) in [4.78, 5) is 16.5. The Hall–Kier alpha value is -1.94. The zero-order valence-electron chi connectivity index (χ0n) is 22.3. The van der Waals surface area contributed by atoms with E-state index in [1.54, 1.807) is 0 Å². The summed E-state index contributed by atoms with van der Waals surface area (Å²) in [6, 6.07) is 18.4. The van der Waals surface area contributed by atoms with Gasteiger partial charge in [0.15, 0.2) is 0 Å². The highest BCUT2D eigenvalue weighted by molar-refractivity contribution is 7.85. The number of hydrogen-bond acceptors (Lipinski definition) is 2. The summed E-state index contributed by atoms with van der Waals surface area (Å²) in [7, 11) is -1.26. The van der Waals surface area contributed by atoms with Crippen LogP contribution in [0.2, 0.25) is 0 Å². The summed E-state index contributed by atoms with van der Waals surface area (Å²) >= 11 is 0. The molecule has 4 rings (SSSR count). The maximum Gasteiger partial charge on any atom is 0.224 e. The van der Waals surface area contributed by atoms with Crippen molar-refractivity contribution in [1.82, 2.24) is 4.90 Å². The van der Waals surface area contributed by atoms with E-state index in [4.69, 9.17) is 0 Å². The van der Waals surface area contributed by atoms with Crippen LogP contribution < -0.4 is 0 Å². The van der Waals surface area contributed by atoms with E-state index in [0.29, 0.717) is 13.0 Å². The second kappa shape index (κ2) is 13.6. The molecule has 2 fully saturated rings. The predicted octanol–water partition coefficient (Wildman–Crippen LogP) is 8.32. The Morgan fingerprint density at radius 3 is 1.78 bits per heavy atom. The summed E-state index contributed by atoms with van der Waals surface area (Å²) in [6.45, 7) is 2.61. The minimum Gasteiger partial charge on any atom is -0.323 e. The van der Waals surface area contributed by atoms with Crippen molar-refractivity contribution in [2.24, 2.45) is 5.41 Å². The quantitative estimate of drug-likeness (QED) is 0.417. The van der Waals surface area contributed by atoms with Crippen molar-refractivity contribution in [2.75, 3.05) is 0 Å². The molecule has 196 valence electrons. The second-order valence-corrected chi connectivity index (χ2v) is 12.8. The van der Waals surface area contributed by atoms with Crippen molar-refractivity contribution in [1.29, 1.82) is 0 Å². The Morgan fingerprint density at radius 2 is 1.25 bits per heavy atom. The van der Waals surface area contributed by atoms with Crippen LogP contribution in [-0.2, 0) is 22.1 Å². The van der Waals surface area contributed by atoms with Gasteiger partial charge in [0, 0.05) is 23.3 Å². The van der Waals surface area contributed by atoms with Gasteiger partial charge in [-0.1, -0.05) is 125 Å². The fraction of sp³-hybridized carbons (Fsp3) is 0.594. The molecule has 0 aromatic heterocycles. The van der Waals surface area contributed by atoms with Gasteiger partial charge < -0.3 is 4.90 Å². The fourth-order valence-corrected chi connectivity index (χ4v) is 8.18. The number of aryl methyl sites for hydroxylation is 1. The van der Waals surface area contributed by atoms with Crippen molar-refractivity contribution in [3.05, 3.63) is 65.7 Å². The lowest BCUT2D eigenvalue weighted by Crippen LogP contribution is -2.43. The first kappa shape index (κ1) is 27.1. The van der Waals surface area contributed by atoms with Crippen molar-refractivity contribution < 1.29 is 9.00 Å². The van der Waals surface area contributed by atoms with Gasteiger partial charge in [0.1, 0.15) is 5.37 Å². The van der Waals surface area contributed by atoms with Gasteiger partial charge in [-0.25, -0.2) is 0 Å². The Balaban J connectivity index is 1.64. The summed E-state index contributed by atoms with van der Waals surface area (Å²) in [5.74, 6) is 0.183. The molecule has 1 saturated heterocycles. The van der Waals surface area contributed by atoms with E-state index >= 15 is 0 Å². The van der Waals surface area contributed by atoms with Gasteiger partial charge in [0.05, 0.1) is 10.8 Å². The third-order valence-electron chi connectivity index (χ3n) is 8.38. The van der Waals surface area contributed by atoms with Crippen molar-refractivity contribution >= 4 is 16.7 Å². The number of likely N-dealkylation sites (tertiary alicyclic amines) is 1. The largest absolute Gasteiger partial charge is 0.323 e. The molecule has 1 amide bonds. The van der Waals surface area contributed by atoms with Crippen LogP contribution in [0, 0.1) is 12.3 Å². The molecule has 3 nitrogen and oxygen atoms in total. The smallest absolute Gasteiger partial charge is 0.224 e. The molecule has 0 N–H and O–H groups in total.